The van der Waals surface area contributed by atoms with Crippen molar-refractivity contribution >= 4 is 32.4 Å². The van der Waals surface area contributed by atoms with Crippen molar-refractivity contribution in [1.82, 2.24) is 0 Å². The van der Waals surface area contributed by atoms with E-state index in [4.69, 9.17) is 5.73 Å². The zero-order valence-corrected chi connectivity index (χ0v) is 11.8. The molecule has 2 N–H and O–H groups in total. The molecule has 0 bridgehead atoms. The summed E-state index contributed by atoms with van der Waals surface area (Å²) in [4.78, 5) is 0.412. The minimum Gasteiger partial charge on any atom is -0.399 e. The molecular weight excluding hydrogens is 317 g/mol. The molecular formula is C13H11BrFNOS. The van der Waals surface area contributed by atoms with E-state index in [-0.39, 0.29) is 5.69 Å². The maximum atomic E-state index is 13.2. The van der Waals surface area contributed by atoms with Gasteiger partial charge in [0.1, 0.15) is 5.82 Å². The van der Waals surface area contributed by atoms with Crippen LogP contribution < -0.4 is 5.73 Å². The minimum atomic E-state index is -1.30. The predicted octanol–water partition coefficient (Wildman–Crippen LogP) is 3.48. The first-order valence-corrected chi connectivity index (χ1v) is 7.35. The van der Waals surface area contributed by atoms with Crippen molar-refractivity contribution in [3.63, 3.8) is 0 Å². The summed E-state index contributed by atoms with van der Waals surface area (Å²) in [6, 6.07) is 11.5. The lowest BCUT2D eigenvalue weighted by Gasteiger charge is -2.04. The molecule has 2 nitrogen and oxygen atoms in total. The molecule has 0 amide bonds. The number of hydrogen-bond acceptors (Lipinski definition) is 2. The first-order chi connectivity index (χ1) is 8.54. The zero-order valence-electron chi connectivity index (χ0n) is 9.40. The smallest absolute Gasteiger partial charge is 0.126 e. The van der Waals surface area contributed by atoms with Crippen LogP contribution in [0.2, 0.25) is 0 Å². The lowest BCUT2D eigenvalue weighted by Crippen LogP contribution is -1.98. The summed E-state index contributed by atoms with van der Waals surface area (Å²) in [7, 11) is -1.30. The first kappa shape index (κ1) is 13.2. The van der Waals surface area contributed by atoms with Gasteiger partial charge in [0.05, 0.1) is 16.6 Å². The van der Waals surface area contributed by atoms with E-state index in [0.717, 1.165) is 10.0 Å². The summed E-state index contributed by atoms with van der Waals surface area (Å²) in [5, 5.41) is 0. The van der Waals surface area contributed by atoms with Crippen LogP contribution in [-0.4, -0.2) is 4.21 Å². The van der Waals surface area contributed by atoms with Crippen LogP contribution in [0.4, 0.5) is 10.1 Å². The Morgan fingerprint density at radius 1 is 1.17 bits per heavy atom. The van der Waals surface area contributed by atoms with Gasteiger partial charge in [0, 0.05) is 15.1 Å². The quantitative estimate of drug-likeness (QED) is 0.877. The van der Waals surface area contributed by atoms with Crippen LogP contribution in [0.25, 0.3) is 0 Å². The molecule has 0 spiro atoms. The molecule has 94 valence electrons. The van der Waals surface area contributed by atoms with E-state index in [9.17, 15) is 8.60 Å². The second kappa shape index (κ2) is 5.63. The fourth-order valence-corrected chi connectivity index (χ4v) is 2.97. The van der Waals surface area contributed by atoms with Crippen molar-refractivity contribution in [3.05, 3.63) is 58.3 Å². The van der Waals surface area contributed by atoms with Crippen molar-refractivity contribution in [3.8, 4) is 0 Å². The first-order valence-electron chi connectivity index (χ1n) is 5.23. The second-order valence-corrected chi connectivity index (χ2v) is 6.20. The molecule has 18 heavy (non-hydrogen) atoms. The zero-order chi connectivity index (χ0) is 13.1. The fraction of sp³-hybridized carbons (Fsp3) is 0.0769. The average Bonchev–Trinajstić information content (AvgIpc) is 2.31. The Bertz CT molecular complexity index is 566. The van der Waals surface area contributed by atoms with E-state index in [0.29, 0.717) is 10.6 Å². The van der Waals surface area contributed by atoms with Gasteiger partial charge in [0.25, 0.3) is 0 Å². The van der Waals surface area contributed by atoms with Gasteiger partial charge in [-0.15, -0.1) is 0 Å². The van der Waals surface area contributed by atoms with E-state index in [1.807, 2.05) is 24.3 Å². The highest BCUT2D eigenvalue weighted by Crippen LogP contribution is 2.18. The molecule has 0 aliphatic rings. The molecule has 5 heteroatoms. The van der Waals surface area contributed by atoms with Crippen molar-refractivity contribution in [2.24, 2.45) is 0 Å². The molecule has 2 rings (SSSR count). The van der Waals surface area contributed by atoms with Gasteiger partial charge >= 0.3 is 0 Å². The van der Waals surface area contributed by atoms with Crippen molar-refractivity contribution in [2.45, 2.75) is 10.6 Å². The van der Waals surface area contributed by atoms with Crippen LogP contribution in [0.15, 0.2) is 51.8 Å². The third kappa shape index (κ3) is 3.40. The van der Waals surface area contributed by atoms with Gasteiger partial charge in [0.15, 0.2) is 0 Å². The van der Waals surface area contributed by atoms with Crippen LogP contribution in [0.3, 0.4) is 0 Å². The Kier molecular flexibility index (Phi) is 4.14. The van der Waals surface area contributed by atoms with E-state index in [1.165, 1.54) is 18.2 Å². The number of rotatable bonds is 3. The lowest BCUT2D eigenvalue weighted by atomic mass is 10.2. The van der Waals surface area contributed by atoms with Gasteiger partial charge in [-0.05, 0) is 35.9 Å². The molecule has 0 radical (unpaired) electrons. The van der Waals surface area contributed by atoms with E-state index >= 15 is 0 Å². The molecule has 2 aromatic rings. The molecule has 1 unspecified atom stereocenters. The van der Waals surface area contributed by atoms with Gasteiger partial charge in [-0.1, -0.05) is 28.1 Å². The van der Waals surface area contributed by atoms with E-state index in [2.05, 4.69) is 15.9 Å². The third-order valence-electron chi connectivity index (χ3n) is 2.37. The maximum absolute atomic E-state index is 13.2. The van der Waals surface area contributed by atoms with Gasteiger partial charge in [-0.25, -0.2) is 4.39 Å². The lowest BCUT2D eigenvalue weighted by molar-refractivity contribution is 0.623. The normalized spacial score (nSPS) is 12.3. The van der Waals surface area contributed by atoms with Crippen molar-refractivity contribution in [1.29, 1.82) is 0 Å². The molecule has 0 aliphatic heterocycles. The molecule has 0 fully saturated rings. The standard InChI is InChI=1S/C13H11BrFNOS/c14-10-3-1-9(2-4-10)8-18(17)13-6-11(15)5-12(16)7-13/h1-7H,8,16H2. The van der Waals surface area contributed by atoms with Crippen molar-refractivity contribution in [2.75, 3.05) is 5.73 Å². The van der Waals surface area contributed by atoms with Gasteiger partial charge < -0.3 is 5.73 Å². The highest BCUT2D eigenvalue weighted by Gasteiger charge is 2.07. The van der Waals surface area contributed by atoms with Crippen LogP contribution >= 0.6 is 15.9 Å². The largest absolute Gasteiger partial charge is 0.399 e. The number of anilines is 1. The topological polar surface area (TPSA) is 43.1 Å². The third-order valence-corrected chi connectivity index (χ3v) is 4.25. The summed E-state index contributed by atoms with van der Waals surface area (Å²) in [6.45, 7) is 0. The van der Waals surface area contributed by atoms with E-state index in [1.54, 1.807) is 0 Å². The van der Waals surface area contributed by atoms with Gasteiger partial charge in [-0.3, -0.25) is 4.21 Å². The Hall–Kier alpha value is -1.20. The molecule has 0 saturated heterocycles. The summed E-state index contributed by atoms with van der Waals surface area (Å²) in [5.74, 6) is -0.120. The second-order valence-electron chi connectivity index (χ2n) is 3.84. The number of halogens is 2. The number of nitrogen functional groups attached to an aromatic ring is 1. The fourth-order valence-electron chi connectivity index (χ4n) is 1.53. The van der Waals surface area contributed by atoms with Gasteiger partial charge in [-0.2, -0.15) is 0 Å². The van der Waals surface area contributed by atoms with Crippen LogP contribution in [0.5, 0.6) is 0 Å². The summed E-state index contributed by atoms with van der Waals surface area (Å²) < 4.78 is 26.2. The van der Waals surface area contributed by atoms with Crippen LogP contribution in [-0.2, 0) is 16.6 Å². The molecule has 0 aliphatic carbocycles. The van der Waals surface area contributed by atoms with Crippen LogP contribution in [0, 0.1) is 5.82 Å². The minimum absolute atomic E-state index is 0.286. The number of nitrogens with two attached hydrogens (primary N) is 1. The highest BCUT2D eigenvalue weighted by atomic mass is 79.9. The Balaban J connectivity index is 2.19. The summed E-state index contributed by atoms with van der Waals surface area (Å²) in [5.41, 5.74) is 6.75. The van der Waals surface area contributed by atoms with Crippen molar-refractivity contribution < 1.29 is 8.60 Å². The molecule has 2 aromatic carbocycles. The molecule has 1 atom stereocenters. The monoisotopic (exact) mass is 327 g/mol. The molecule has 0 saturated carbocycles. The highest BCUT2D eigenvalue weighted by molar-refractivity contribution is 9.10. The summed E-state index contributed by atoms with van der Waals surface area (Å²) in [6.07, 6.45) is 0. The number of hydrogen-bond donors (Lipinski definition) is 1. The number of benzene rings is 2. The Labute approximate surface area is 116 Å². The molecule has 0 heterocycles. The summed E-state index contributed by atoms with van der Waals surface area (Å²) >= 11 is 3.33. The Morgan fingerprint density at radius 2 is 1.83 bits per heavy atom. The average molecular weight is 328 g/mol. The Morgan fingerprint density at radius 3 is 2.44 bits per heavy atom. The molecule has 0 aromatic heterocycles. The van der Waals surface area contributed by atoms with Crippen LogP contribution in [0.1, 0.15) is 5.56 Å². The van der Waals surface area contributed by atoms with E-state index < -0.39 is 16.6 Å². The van der Waals surface area contributed by atoms with Gasteiger partial charge in [0.2, 0.25) is 0 Å². The SMILES string of the molecule is Nc1cc(F)cc(S(=O)Cc2ccc(Br)cc2)c1. The predicted molar refractivity (Wildman–Crippen MR) is 75.1 cm³/mol. The maximum Gasteiger partial charge on any atom is 0.126 e.